The van der Waals surface area contributed by atoms with E-state index in [1.807, 2.05) is 32.0 Å². The number of carbonyl (C=O) groups excluding carboxylic acids is 3. The third-order valence-electron chi connectivity index (χ3n) is 6.18. The van der Waals surface area contributed by atoms with E-state index in [0.717, 1.165) is 36.1 Å². The van der Waals surface area contributed by atoms with Gasteiger partial charge in [-0.15, -0.1) is 0 Å². The lowest BCUT2D eigenvalue weighted by molar-refractivity contribution is -0.122. The van der Waals surface area contributed by atoms with Crippen LogP contribution in [-0.2, 0) is 9.59 Å². The topological polar surface area (TPSA) is 66.5 Å². The minimum Gasteiger partial charge on any atom is -0.322 e. The quantitative estimate of drug-likeness (QED) is 0.786. The molecule has 3 amide bonds. The molecule has 1 aliphatic heterocycles. The van der Waals surface area contributed by atoms with Crippen LogP contribution in [0.15, 0.2) is 42.5 Å². The average molecular weight is 390 g/mol. The number of imide groups is 1. The van der Waals surface area contributed by atoms with Gasteiger partial charge in [0.1, 0.15) is 0 Å². The highest BCUT2D eigenvalue weighted by Gasteiger charge is 2.50. The summed E-state index contributed by atoms with van der Waals surface area (Å²) in [4.78, 5) is 39.9. The van der Waals surface area contributed by atoms with E-state index in [2.05, 4.69) is 12.2 Å². The first-order valence-corrected chi connectivity index (χ1v) is 10.2. The van der Waals surface area contributed by atoms with E-state index in [4.69, 9.17) is 0 Å². The largest absolute Gasteiger partial charge is 0.322 e. The van der Waals surface area contributed by atoms with Crippen molar-refractivity contribution in [1.29, 1.82) is 0 Å². The van der Waals surface area contributed by atoms with Crippen LogP contribution >= 0.6 is 0 Å². The lowest BCUT2D eigenvalue weighted by Crippen LogP contribution is -2.31. The van der Waals surface area contributed by atoms with E-state index in [0.29, 0.717) is 17.2 Å². The first kappa shape index (κ1) is 19.4. The van der Waals surface area contributed by atoms with Gasteiger partial charge in [-0.1, -0.05) is 30.7 Å². The zero-order chi connectivity index (χ0) is 20.7. The van der Waals surface area contributed by atoms with Crippen molar-refractivity contribution in [2.24, 2.45) is 17.8 Å². The highest BCUT2D eigenvalue weighted by atomic mass is 16.2. The maximum Gasteiger partial charge on any atom is 0.255 e. The zero-order valence-electron chi connectivity index (χ0n) is 17.1. The lowest BCUT2D eigenvalue weighted by atomic mass is 9.76. The van der Waals surface area contributed by atoms with Crippen LogP contribution in [0.2, 0.25) is 0 Å². The molecule has 0 bridgehead atoms. The van der Waals surface area contributed by atoms with E-state index in [1.54, 1.807) is 24.3 Å². The van der Waals surface area contributed by atoms with Gasteiger partial charge in [-0.3, -0.25) is 19.3 Å². The molecule has 0 radical (unpaired) electrons. The van der Waals surface area contributed by atoms with Crippen LogP contribution in [0.3, 0.4) is 0 Å². The number of fused-ring (bicyclic) bond motifs is 1. The van der Waals surface area contributed by atoms with E-state index in [-0.39, 0.29) is 29.6 Å². The average Bonchev–Trinajstić information content (AvgIpc) is 2.94. The van der Waals surface area contributed by atoms with Crippen LogP contribution in [0, 0.1) is 31.6 Å². The molecule has 1 saturated heterocycles. The normalized spacial score (nSPS) is 23.8. The predicted molar refractivity (Wildman–Crippen MR) is 113 cm³/mol. The number of hydrogen-bond donors (Lipinski definition) is 1. The molecule has 2 aromatic carbocycles. The summed E-state index contributed by atoms with van der Waals surface area (Å²) in [5.41, 5.74) is 3.77. The number of amides is 3. The van der Waals surface area contributed by atoms with Crippen LogP contribution in [0.25, 0.3) is 0 Å². The van der Waals surface area contributed by atoms with Gasteiger partial charge >= 0.3 is 0 Å². The van der Waals surface area contributed by atoms with Gasteiger partial charge in [0.25, 0.3) is 5.91 Å². The van der Waals surface area contributed by atoms with Crippen LogP contribution in [0.4, 0.5) is 11.4 Å². The van der Waals surface area contributed by atoms with Crippen molar-refractivity contribution in [2.75, 3.05) is 10.2 Å². The first-order valence-electron chi connectivity index (χ1n) is 10.2. The number of nitrogens with zero attached hydrogens (tertiary/aromatic N) is 1. The molecule has 1 aliphatic carbocycles. The van der Waals surface area contributed by atoms with Gasteiger partial charge in [-0.05, 0) is 68.9 Å². The van der Waals surface area contributed by atoms with Gasteiger partial charge in [-0.2, -0.15) is 0 Å². The van der Waals surface area contributed by atoms with Crippen molar-refractivity contribution in [2.45, 2.75) is 40.0 Å². The molecule has 150 valence electrons. The zero-order valence-corrected chi connectivity index (χ0v) is 17.1. The Labute approximate surface area is 171 Å². The van der Waals surface area contributed by atoms with Gasteiger partial charge in [0.15, 0.2) is 0 Å². The van der Waals surface area contributed by atoms with Crippen molar-refractivity contribution in [3.8, 4) is 0 Å². The van der Waals surface area contributed by atoms with Crippen molar-refractivity contribution in [3.63, 3.8) is 0 Å². The molecule has 29 heavy (non-hydrogen) atoms. The summed E-state index contributed by atoms with van der Waals surface area (Å²) >= 11 is 0. The Morgan fingerprint density at radius 2 is 1.76 bits per heavy atom. The third-order valence-corrected chi connectivity index (χ3v) is 6.18. The van der Waals surface area contributed by atoms with Gasteiger partial charge in [0, 0.05) is 11.3 Å². The molecular formula is C24H26N2O3. The highest BCUT2D eigenvalue weighted by Crippen LogP contribution is 2.42. The highest BCUT2D eigenvalue weighted by molar-refractivity contribution is 6.22. The molecule has 1 saturated carbocycles. The molecule has 2 aliphatic rings. The molecule has 1 N–H and O–H groups in total. The fraction of sp³-hybridized carbons (Fsp3) is 0.375. The molecule has 0 spiro atoms. The smallest absolute Gasteiger partial charge is 0.255 e. The van der Waals surface area contributed by atoms with Crippen LogP contribution < -0.4 is 10.2 Å². The Morgan fingerprint density at radius 1 is 1.00 bits per heavy atom. The standard InChI is InChI=1S/C24H26N2O3/c1-14-8-10-21(16(3)11-14)25-22(27)17-5-4-6-18(13-17)26-23(28)19-9-7-15(2)12-20(19)24(26)29/h4-6,8,10-11,13,15,19-20H,7,9,12H2,1-3H3,(H,25,27). The molecule has 2 aromatic rings. The second-order valence-corrected chi connectivity index (χ2v) is 8.47. The van der Waals surface area contributed by atoms with Gasteiger partial charge < -0.3 is 5.32 Å². The van der Waals surface area contributed by atoms with E-state index >= 15 is 0 Å². The number of anilines is 2. The summed E-state index contributed by atoms with van der Waals surface area (Å²) in [7, 11) is 0. The molecule has 4 rings (SSSR count). The number of nitrogens with one attached hydrogen (secondary N) is 1. The Bertz CT molecular complexity index is 997. The number of carbonyl (C=O) groups is 3. The SMILES string of the molecule is Cc1ccc(NC(=O)c2cccc(N3C(=O)C4CCC(C)CC4C3=O)c2)c(C)c1. The molecule has 5 nitrogen and oxygen atoms in total. The Hall–Kier alpha value is -2.95. The van der Waals surface area contributed by atoms with Crippen LogP contribution in [0.5, 0.6) is 0 Å². The summed E-state index contributed by atoms with van der Waals surface area (Å²) in [5, 5.41) is 2.92. The van der Waals surface area contributed by atoms with Gasteiger partial charge in [0.05, 0.1) is 17.5 Å². The minimum atomic E-state index is -0.260. The molecule has 0 aromatic heterocycles. The van der Waals surface area contributed by atoms with E-state index in [1.165, 1.54) is 4.90 Å². The monoisotopic (exact) mass is 390 g/mol. The van der Waals surface area contributed by atoms with Crippen molar-refractivity contribution >= 4 is 29.1 Å². The summed E-state index contributed by atoms with van der Waals surface area (Å²) in [5.74, 6) is -0.491. The molecule has 3 atom stereocenters. The van der Waals surface area contributed by atoms with Crippen molar-refractivity contribution in [3.05, 3.63) is 59.2 Å². The van der Waals surface area contributed by atoms with Crippen molar-refractivity contribution in [1.82, 2.24) is 0 Å². The molecule has 3 unspecified atom stereocenters. The lowest BCUT2D eigenvalue weighted by Gasteiger charge is -2.25. The van der Waals surface area contributed by atoms with Crippen LogP contribution in [0.1, 0.15) is 47.7 Å². The molecule has 1 heterocycles. The number of rotatable bonds is 3. The second-order valence-electron chi connectivity index (χ2n) is 8.47. The Morgan fingerprint density at radius 3 is 2.52 bits per heavy atom. The summed E-state index contributed by atoms with van der Waals surface area (Å²) < 4.78 is 0. The summed E-state index contributed by atoms with van der Waals surface area (Å²) in [6, 6.07) is 12.6. The van der Waals surface area contributed by atoms with Gasteiger partial charge in [0.2, 0.25) is 11.8 Å². The summed E-state index contributed by atoms with van der Waals surface area (Å²) in [6.45, 7) is 6.09. The predicted octanol–water partition coefficient (Wildman–Crippen LogP) is 4.48. The van der Waals surface area contributed by atoms with E-state index < -0.39 is 0 Å². The molecule has 5 heteroatoms. The van der Waals surface area contributed by atoms with Crippen LogP contribution in [-0.4, -0.2) is 17.7 Å². The molecular weight excluding hydrogens is 364 g/mol. The van der Waals surface area contributed by atoms with Crippen molar-refractivity contribution < 1.29 is 14.4 Å². The number of benzene rings is 2. The minimum absolute atomic E-state index is 0.126. The maximum atomic E-state index is 12.9. The Kier molecular flexibility index (Phi) is 4.99. The van der Waals surface area contributed by atoms with E-state index in [9.17, 15) is 14.4 Å². The number of aryl methyl sites for hydroxylation is 2. The number of hydrogen-bond acceptors (Lipinski definition) is 3. The Balaban J connectivity index is 1.58. The van der Waals surface area contributed by atoms with Gasteiger partial charge in [-0.25, -0.2) is 0 Å². The molecule has 2 fully saturated rings. The first-order chi connectivity index (χ1) is 13.8. The fourth-order valence-corrected chi connectivity index (χ4v) is 4.58. The maximum absolute atomic E-state index is 12.9. The fourth-order valence-electron chi connectivity index (χ4n) is 4.58. The third kappa shape index (κ3) is 3.57. The summed E-state index contributed by atoms with van der Waals surface area (Å²) in [6.07, 6.45) is 2.50. The second kappa shape index (κ2) is 7.47.